The number of hydrogen-bond acceptors (Lipinski definition) is 6. The number of alkyl halides is 1. The van der Waals surface area contributed by atoms with Crippen molar-refractivity contribution < 1.29 is 21.9 Å². The van der Waals surface area contributed by atoms with E-state index in [1.165, 1.54) is 40.3 Å². The fourth-order valence-corrected chi connectivity index (χ4v) is 8.20. The Kier molecular flexibility index (Phi) is 4.53. The quantitative estimate of drug-likeness (QED) is 0.659. The predicted molar refractivity (Wildman–Crippen MR) is 118 cm³/mol. The molecule has 6 rings (SSSR count). The Morgan fingerprint density at radius 2 is 1.94 bits per heavy atom. The zero-order valence-corrected chi connectivity index (χ0v) is 19.3. The van der Waals surface area contributed by atoms with Gasteiger partial charge in [-0.3, -0.25) is 0 Å². The minimum atomic E-state index is -3.81. The van der Waals surface area contributed by atoms with Gasteiger partial charge in [0.2, 0.25) is 15.9 Å². The summed E-state index contributed by atoms with van der Waals surface area (Å²) in [7, 11) is -3.81. The molecule has 3 fully saturated rings. The molecule has 2 atom stereocenters. The molecule has 1 aromatic rings. The molecule has 0 amide bonds. The molecule has 1 spiro atoms. The molecule has 172 valence electrons. The lowest BCUT2D eigenvalue weighted by Gasteiger charge is -2.60. The second-order valence-electron chi connectivity index (χ2n) is 9.81. The van der Waals surface area contributed by atoms with E-state index in [0.717, 1.165) is 17.7 Å². The molecule has 5 aliphatic rings. The maximum absolute atomic E-state index is 14.5. The molecule has 0 bridgehead atoms. The van der Waals surface area contributed by atoms with Gasteiger partial charge < -0.3 is 9.64 Å². The van der Waals surface area contributed by atoms with Crippen molar-refractivity contribution in [2.75, 3.05) is 19.7 Å². The van der Waals surface area contributed by atoms with Crippen LogP contribution in [0.4, 0.5) is 8.78 Å². The van der Waals surface area contributed by atoms with Gasteiger partial charge in [-0.15, -0.1) is 0 Å². The van der Waals surface area contributed by atoms with Gasteiger partial charge in [0, 0.05) is 30.7 Å². The van der Waals surface area contributed by atoms with Crippen molar-refractivity contribution in [1.29, 1.82) is 0 Å². The van der Waals surface area contributed by atoms with Gasteiger partial charge in [0.05, 0.1) is 10.9 Å². The average Bonchev–Trinajstić information content (AvgIpc) is 3.34. The molecule has 2 aliphatic carbocycles. The number of thioether (sulfide) groups is 1. The molecule has 1 aromatic carbocycles. The van der Waals surface area contributed by atoms with Crippen molar-refractivity contribution in [3.05, 3.63) is 41.2 Å². The largest absolute Gasteiger partial charge is 0.475 e. The molecule has 3 heterocycles. The summed E-state index contributed by atoms with van der Waals surface area (Å²) in [6.07, 6.45) is 4.94. The third-order valence-electron chi connectivity index (χ3n) is 7.33. The molecule has 1 unspecified atom stereocenters. The molecule has 0 radical (unpaired) electrons. The van der Waals surface area contributed by atoms with Crippen molar-refractivity contribution in [2.24, 2.45) is 10.4 Å². The number of fused-ring (bicyclic) bond motifs is 1. The highest BCUT2D eigenvalue weighted by atomic mass is 32.2. The first-order valence-electron chi connectivity index (χ1n) is 11.0. The van der Waals surface area contributed by atoms with Crippen LogP contribution in [0.3, 0.4) is 0 Å². The molecular formula is C22H25F2N3O3S2. The highest BCUT2D eigenvalue weighted by molar-refractivity contribution is 8.05. The Balaban J connectivity index is 1.12. The zero-order chi connectivity index (χ0) is 22.3. The summed E-state index contributed by atoms with van der Waals surface area (Å²) in [5, 5.41) is -0.407. The molecule has 2 saturated carbocycles. The standard InChI is InChI=1S/C22H25F2N3O3S2/c1-14-11-30-19-17(31-20(25-19)22(24)6-7-22)10-27(14)15-8-21(9-15)12-26(13-21)32(28,29)18-5-3-2-4-16(18)23/h2-5,10,14-15,20H,6-9,11-13H2,1H3/t14-,20?/m1/s1. The van der Waals surface area contributed by atoms with Gasteiger partial charge in [-0.05, 0) is 44.7 Å². The fourth-order valence-electron chi connectivity index (χ4n) is 5.24. The van der Waals surface area contributed by atoms with Crippen LogP contribution in [0, 0.1) is 11.2 Å². The van der Waals surface area contributed by atoms with Crippen LogP contribution >= 0.6 is 11.8 Å². The Morgan fingerprint density at radius 3 is 2.62 bits per heavy atom. The average molecular weight is 482 g/mol. The van der Waals surface area contributed by atoms with E-state index in [2.05, 4.69) is 23.0 Å². The van der Waals surface area contributed by atoms with Gasteiger partial charge >= 0.3 is 0 Å². The van der Waals surface area contributed by atoms with Crippen LogP contribution in [-0.2, 0) is 14.8 Å². The van der Waals surface area contributed by atoms with Crippen molar-refractivity contribution >= 4 is 27.7 Å². The lowest BCUT2D eigenvalue weighted by molar-refractivity contribution is -0.0732. The van der Waals surface area contributed by atoms with Crippen LogP contribution in [0.15, 0.2) is 45.3 Å². The molecule has 1 saturated heterocycles. The van der Waals surface area contributed by atoms with E-state index in [-0.39, 0.29) is 22.4 Å². The molecule has 32 heavy (non-hydrogen) atoms. The van der Waals surface area contributed by atoms with E-state index in [9.17, 15) is 17.2 Å². The topological polar surface area (TPSA) is 62.2 Å². The Bertz CT molecular complexity index is 1120. The van der Waals surface area contributed by atoms with Crippen LogP contribution < -0.4 is 0 Å². The number of halogens is 2. The van der Waals surface area contributed by atoms with Crippen molar-refractivity contribution in [3.63, 3.8) is 0 Å². The number of aliphatic imine (C=N–C) groups is 1. The van der Waals surface area contributed by atoms with Gasteiger partial charge in [0.25, 0.3) is 0 Å². The van der Waals surface area contributed by atoms with Crippen molar-refractivity contribution in [1.82, 2.24) is 9.21 Å². The van der Waals surface area contributed by atoms with Gasteiger partial charge in [-0.1, -0.05) is 23.9 Å². The number of hydrogen-bond donors (Lipinski definition) is 0. The smallest absolute Gasteiger partial charge is 0.246 e. The van der Waals surface area contributed by atoms with Crippen LogP contribution in [-0.4, -0.2) is 66.3 Å². The number of sulfonamides is 1. The lowest BCUT2D eigenvalue weighted by atomic mass is 9.61. The third-order valence-corrected chi connectivity index (χ3v) is 10.4. The first-order chi connectivity index (χ1) is 15.2. The SMILES string of the molecule is C[C@@H]1COC2=NC(C3(F)CC3)SC2=CN1C1CC2(C1)CN(S(=O)(=O)c1ccccc1F)C2. The van der Waals surface area contributed by atoms with E-state index in [4.69, 9.17) is 4.74 Å². The van der Waals surface area contributed by atoms with Gasteiger partial charge in [-0.25, -0.2) is 22.2 Å². The highest BCUT2D eigenvalue weighted by Gasteiger charge is 2.58. The van der Waals surface area contributed by atoms with E-state index in [0.29, 0.717) is 38.4 Å². The number of benzene rings is 1. The van der Waals surface area contributed by atoms with Crippen LogP contribution in [0.1, 0.15) is 32.6 Å². The van der Waals surface area contributed by atoms with Crippen LogP contribution in [0.25, 0.3) is 0 Å². The van der Waals surface area contributed by atoms with Crippen molar-refractivity contribution in [3.8, 4) is 0 Å². The number of ether oxygens (including phenoxy) is 1. The summed E-state index contributed by atoms with van der Waals surface area (Å²) < 4.78 is 61.4. The first kappa shape index (κ1) is 20.9. The lowest BCUT2D eigenvalue weighted by Crippen LogP contribution is -2.67. The van der Waals surface area contributed by atoms with Crippen LogP contribution in [0.5, 0.6) is 0 Å². The second-order valence-corrected chi connectivity index (χ2v) is 12.8. The predicted octanol–water partition coefficient (Wildman–Crippen LogP) is 3.51. The summed E-state index contributed by atoms with van der Waals surface area (Å²) in [6.45, 7) is 3.43. The maximum Gasteiger partial charge on any atom is 0.246 e. The second kappa shape index (κ2) is 6.93. The Morgan fingerprint density at radius 1 is 1.22 bits per heavy atom. The van der Waals surface area contributed by atoms with Gasteiger partial charge in [-0.2, -0.15) is 4.31 Å². The Labute approximate surface area is 190 Å². The summed E-state index contributed by atoms with van der Waals surface area (Å²) in [5.41, 5.74) is -1.24. The minimum Gasteiger partial charge on any atom is -0.475 e. The van der Waals surface area contributed by atoms with Crippen LogP contribution in [0.2, 0.25) is 0 Å². The molecule has 6 nitrogen and oxygen atoms in total. The monoisotopic (exact) mass is 481 g/mol. The van der Waals surface area contributed by atoms with Gasteiger partial charge in [0.15, 0.2) is 0 Å². The summed E-state index contributed by atoms with van der Waals surface area (Å²) in [4.78, 5) is 7.41. The molecule has 0 N–H and O–H groups in total. The first-order valence-corrected chi connectivity index (χ1v) is 13.3. The summed E-state index contributed by atoms with van der Waals surface area (Å²) in [5.74, 6) is -0.158. The minimum absolute atomic E-state index is 0.0480. The number of nitrogens with zero attached hydrogens (tertiary/aromatic N) is 3. The molecular weight excluding hydrogens is 456 g/mol. The Hall–Kier alpha value is -1.65. The zero-order valence-electron chi connectivity index (χ0n) is 17.7. The fraction of sp³-hybridized carbons (Fsp3) is 0.591. The molecule has 3 aliphatic heterocycles. The highest BCUT2D eigenvalue weighted by Crippen LogP contribution is 2.55. The van der Waals surface area contributed by atoms with E-state index in [1.807, 2.05) is 0 Å². The van der Waals surface area contributed by atoms with E-state index in [1.54, 1.807) is 0 Å². The van der Waals surface area contributed by atoms with Gasteiger partial charge in [0.1, 0.15) is 28.4 Å². The van der Waals surface area contributed by atoms with E-state index < -0.39 is 26.9 Å². The molecule has 0 aromatic heterocycles. The van der Waals surface area contributed by atoms with E-state index >= 15 is 0 Å². The maximum atomic E-state index is 14.5. The summed E-state index contributed by atoms with van der Waals surface area (Å²) >= 11 is 1.45. The van der Waals surface area contributed by atoms with Crippen molar-refractivity contribution in [2.45, 2.75) is 60.6 Å². The number of rotatable bonds is 4. The molecule has 10 heteroatoms. The normalized spacial score (nSPS) is 31.0. The summed E-state index contributed by atoms with van der Waals surface area (Å²) in [6, 6.07) is 5.95. The third kappa shape index (κ3) is 3.20.